The van der Waals surface area contributed by atoms with Crippen LogP contribution in [0.4, 0.5) is 0 Å². The lowest BCUT2D eigenvalue weighted by Crippen LogP contribution is -2.63. The summed E-state index contributed by atoms with van der Waals surface area (Å²) >= 11 is 3.02. The van der Waals surface area contributed by atoms with Gasteiger partial charge in [-0.15, -0.1) is 0 Å². The second-order valence-corrected chi connectivity index (χ2v) is 16.1. The SMILES string of the molecule is COCCOCCOCCOCCSCC(C)C(=O)CC1OC(O)(C(=O)O)CC(O)C1NC(C)=O.CSCC(C)C(=O)CC1OC(O)(C(=O)O)CC(O)C1NC(C)=O. The third kappa shape index (κ3) is 19.3. The average Bonchev–Trinajstić information content (AvgIpc) is 3.13. The molecule has 2 aliphatic heterocycles. The normalized spacial score (nSPS) is 28.0. The van der Waals surface area contributed by atoms with E-state index in [4.69, 9.17) is 33.5 Å². The van der Waals surface area contributed by atoms with Crippen LogP contribution >= 0.6 is 23.5 Å². The van der Waals surface area contributed by atoms with Crippen LogP contribution in [-0.4, -0.2) is 191 Å². The molecule has 0 saturated carbocycles. The average molecular weight is 875 g/mol. The number of carboxylic acid groups (broad SMARTS) is 2. The maximum atomic E-state index is 12.7. The summed E-state index contributed by atoms with van der Waals surface area (Å²) in [5.74, 6) is -8.79. The smallest absolute Gasteiger partial charge is 0.364 e. The van der Waals surface area contributed by atoms with Gasteiger partial charge in [-0.3, -0.25) is 19.2 Å². The minimum absolute atomic E-state index is 0.193. The van der Waals surface area contributed by atoms with Gasteiger partial charge < -0.3 is 69.7 Å². The van der Waals surface area contributed by atoms with Crippen LogP contribution in [0.1, 0.15) is 53.4 Å². The quantitative estimate of drug-likeness (QED) is 0.0474. The molecule has 0 aromatic rings. The lowest BCUT2D eigenvalue weighted by atomic mass is 9.89. The number of aliphatic carboxylic acids is 2. The summed E-state index contributed by atoms with van der Waals surface area (Å²) in [6, 6.07) is -1.97. The summed E-state index contributed by atoms with van der Waals surface area (Å²) in [5, 5.41) is 63.8. The molecule has 8 N–H and O–H groups in total. The molecule has 336 valence electrons. The molecule has 58 heavy (non-hydrogen) atoms. The summed E-state index contributed by atoms with van der Waals surface area (Å²) in [4.78, 5) is 70.2. The number of hydrogen-bond donors (Lipinski definition) is 8. The Morgan fingerprint density at radius 3 is 1.43 bits per heavy atom. The molecule has 0 radical (unpaired) electrons. The molecule has 2 amide bonds. The van der Waals surface area contributed by atoms with E-state index in [1.54, 1.807) is 21.0 Å². The van der Waals surface area contributed by atoms with Crippen molar-refractivity contribution in [2.45, 2.75) is 101 Å². The number of thioether (sulfide) groups is 2. The Bertz CT molecular complexity index is 1310. The molecule has 20 nitrogen and oxygen atoms in total. The van der Waals surface area contributed by atoms with Crippen molar-refractivity contribution in [3.8, 4) is 0 Å². The standard InChI is InChI=1S/C22H39NO11S.C14H23NO7S/c1-15(14-35-11-10-33-9-8-32-7-6-31-5-4-30-3)17(25)12-19-20(23-16(2)24)18(26)13-22(29,34-19)21(27)28;1-7(6-23-3)9(17)4-11-12(15-8(2)16)10(18)5-14(21,22-11)13(19)20/h15,18-20,26,29H,4-14H2,1-3H3,(H,23,24)(H,27,28);7,10-12,18,21H,4-6H2,1-3H3,(H,15,16)(H,19,20). The Morgan fingerprint density at radius 2 is 1.07 bits per heavy atom. The first-order valence-electron chi connectivity index (χ1n) is 18.7. The van der Waals surface area contributed by atoms with Crippen molar-refractivity contribution in [3.63, 3.8) is 0 Å². The second-order valence-electron chi connectivity index (χ2n) is 14.0. The number of amides is 2. The van der Waals surface area contributed by atoms with Crippen molar-refractivity contribution in [1.82, 2.24) is 10.6 Å². The lowest BCUT2D eigenvalue weighted by molar-refractivity contribution is -0.276. The largest absolute Gasteiger partial charge is 0.477 e. The van der Waals surface area contributed by atoms with Crippen LogP contribution in [0.25, 0.3) is 0 Å². The number of ketones is 2. The van der Waals surface area contributed by atoms with Gasteiger partial charge in [-0.1, -0.05) is 13.8 Å². The molecule has 0 aliphatic carbocycles. The van der Waals surface area contributed by atoms with Crippen LogP contribution in [0.2, 0.25) is 0 Å². The van der Waals surface area contributed by atoms with Crippen LogP contribution in [0, 0.1) is 11.8 Å². The van der Waals surface area contributed by atoms with Gasteiger partial charge in [0.15, 0.2) is 0 Å². The van der Waals surface area contributed by atoms with Crippen LogP contribution in [0.15, 0.2) is 0 Å². The van der Waals surface area contributed by atoms with E-state index in [2.05, 4.69) is 10.6 Å². The first-order valence-corrected chi connectivity index (χ1v) is 21.3. The van der Waals surface area contributed by atoms with Gasteiger partial charge in [-0.25, -0.2) is 9.59 Å². The molecule has 2 heterocycles. The number of Topliss-reactive ketones (excluding diaryl/α,β-unsaturated/α-hetero) is 2. The number of aliphatic hydroxyl groups excluding tert-OH is 2. The van der Waals surface area contributed by atoms with E-state index in [0.29, 0.717) is 63.5 Å². The van der Waals surface area contributed by atoms with Crippen LogP contribution in [0.3, 0.4) is 0 Å². The Balaban J connectivity index is 0.000000632. The van der Waals surface area contributed by atoms with Gasteiger partial charge in [0, 0.05) is 75.7 Å². The number of ether oxygens (including phenoxy) is 6. The second kappa shape index (κ2) is 27.4. The Kier molecular flexibility index (Phi) is 25.3. The number of carbonyl (C=O) groups is 6. The Hall–Kier alpha value is -2.48. The van der Waals surface area contributed by atoms with E-state index in [-0.39, 0.29) is 36.2 Å². The zero-order chi connectivity index (χ0) is 44.1. The van der Waals surface area contributed by atoms with E-state index in [1.807, 2.05) is 6.26 Å². The summed E-state index contributed by atoms with van der Waals surface area (Å²) in [6.07, 6.45) is -4.88. The topological polar surface area (TPSA) is 303 Å². The Morgan fingerprint density at radius 1 is 0.690 bits per heavy atom. The van der Waals surface area contributed by atoms with Crippen molar-refractivity contribution in [3.05, 3.63) is 0 Å². The first-order chi connectivity index (χ1) is 27.2. The number of carbonyl (C=O) groups excluding carboxylic acids is 4. The minimum atomic E-state index is -2.63. The van der Waals surface area contributed by atoms with E-state index in [1.165, 1.54) is 37.4 Å². The minimum Gasteiger partial charge on any atom is -0.477 e. The number of aliphatic hydroxyl groups is 4. The molecular weight excluding hydrogens is 813 g/mol. The summed E-state index contributed by atoms with van der Waals surface area (Å²) in [5.41, 5.74) is 0. The van der Waals surface area contributed by atoms with Gasteiger partial charge >= 0.3 is 11.9 Å². The van der Waals surface area contributed by atoms with Crippen LogP contribution in [-0.2, 0) is 57.2 Å². The number of methoxy groups -OCH3 is 1. The van der Waals surface area contributed by atoms with E-state index < -0.39 is 84.7 Å². The van der Waals surface area contributed by atoms with Crippen LogP contribution < -0.4 is 10.6 Å². The number of hydrogen-bond acceptors (Lipinski definition) is 18. The highest BCUT2D eigenvalue weighted by Gasteiger charge is 2.52. The fourth-order valence-electron chi connectivity index (χ4n) is 5.82. The number of nitrogens with one attached hydrogen (secondary N) is 2. The lowest BCUT2D eigenvalue weighted by Gasteiger charge is -2.42. The van der Waals surface area contributed by atoms with Gasteiger partial charge in [0.1, 0.15) is 11.6 Å². The van der Waals surface area contributed by atoms with Crippen molar-refractivity contribution >= 4 is 58.8 Å². The molecule has 10 atom stereocenters. The van der Waals surface area contributed by atoms with Gasteiger partial charge in [0.2, 0.25) is 11.8 Å². The molecule has 0 aromatic heterocycles. The first kappa shape index (κ1) is 53.5. The third-order valence-electron chi connectivity index (χ3n) is 8.94. The Labute approximate surface area is 346 Å². The fraction of sp³-hybridized carbons (Fsp3) is 0.833. The van der Waals surface area contributed by atoms with Crippen molar-refractivity contribution < 1.29 is 87.8 Å². The molecule has 2 saturated heterocycles. The van der Waals surface area contributed by atoms with Gasteiger partial charge in [-0.05, 0) is 6.26 Å². The summed E-state index contributed by atoms with van der Waals surface area (Å²) in [6.45, 7) is 9.39. The van der Waals surface area contributed by atoms with Gasteiger partial charge in [-0.2, -0.15) is 23.5 Å². The highest BCUT2D eigenvalue weighted by atomic mass is 32.2. The molecule has 2 aliphatic rings. The summed E-state index contributed by atoms with van der Waals surface area (Å²) < 4.78 is 31.5. The zero-order valence-corrected chi connectivity index (χ0v) is 35.6. The van der Waals surface area contributed by atoms with Crippen molar-refractivity contribution in [2.75, 3.05) is 76.9 Å². The monoisotopic (exact) mass is 874 g/mol. The molecule has 2 fully saturated rings. The van der Waals surface area contributed by atoms with Crippen LogP contribution in [0.5, 0.6) is 0 Å². The molecule has 0 bridgehead atoms. The van der Waals surface area contributed by atoms with E-state index in [0.717, 1.165) is 0 Å². The number of rotatable bonds is 26. The van der Waals surface area contributed by atoms with Crippen molar-refractivity contribution in [1.29, 1.82) is 0 Å². The molecule has 10 unspecified atom stereocenters. The molecule has 22 heteroatoms. The highest BCUT2D eigenvalue weighted by molar-refractivity contribution is 7.99. The third-order valence-corrected chi connectivity index (χ3v) is 11.0. The van der Waals surface area contributed by atoms with Crippen molar-refractivity contribution in [2.24, 2.45) is 11.8 Å². The maximum Gasteiger partial charge on any atom is 0.364 e. The number of carboxylic acids is 2. The van der Waals surface area contributed by atoms with E-state index in [9.17, 15) is 54.3 Å². The van der Waals surface area contributed by atoms with Gasteiger partial charge in [0.05, 0.1) is 82.7 Å². The highest BCUT2D eigenvalue weighted by Crippen LogP contribution is 2.32. The fourth-order valence-corrected chi connectivity index (χ4v) is 7.45. The molecule has 0 spiro atoms. The predicted octanol–water partition coefficient (Wildman–Crippen LogP) is -1.19. The predicted molar refractivity (Wildman–Crippen MR) is 209 cm³/mol. The molecular formula is C36H62N2O18S2. The summed E-state index contributed by atoms with van der Waals surface area (Å²) in [7, 11) is 1.61. The molecule has 0 aromatic carbocycles. The van der Waals surface area contributed by atoms with E-state index >= 15 is 0 Å². The van der Waals surface area contributed by atoms with Gasteiger partial charge in [0.25, 0.3) is 11.6 Å². The zero-order valence-electron chi connectivity index (χ0n) is 33.9. The maximum absolute atomic E-state index is 12.7. The molecule has 2 rings (SSSR count).